The average molecular weight is 450 g/mol. The van der Waals surface area contributed by atoms with Gasteiger partial charge in [-0.25, -0.2) is 4.39 Å². The van der Waals surface area contributed by atoms with Gasteiger partial charge in [0.2, 0.25) is 0 Å². The molecule has 0 aliphatic heterocycles. The first kappa shape index (κ1) is 23.4. The highest BCUT2D eigenvalue weighted by molar-refractivity contribution is 6.12. The highest BCUT2D eigenvalue weighted by Gasteiger charge is 2.15. The summed E-state index contributed by atoms with van der Waals surface area (Å²) in [6, 6.07) is 8.48. The van der Waals surface area contributed by atoms with Crippen LogP contribution in [-0.4, -0.2) is 45.1 Å². The molecule has 6 nitrogen and oxygen atoms in total. The van der Waals surface area contributed by atoms with E-state index in [1.54, 1.807) is 50.8 Å². The number of aliphatic hydroxyl groups excluding tert-OH is 1. The molecule has 2 heterocycles. The summed E-state index contributed by atoms with van der Waals surface area (Å²) in [7, 11) is 5.04. The van der Waals surface area contributed by atoms with Crippen LogP contribution in [-0.2, 0) is 0 Å². The van der Waals surface area contributed by atoms with Gasteiger partial charge in [0.05, 0.1) is 36.5 Å². The molecule has 3 aromatic rings. The van der Waals surface area contributed by atoms with Gasteiger partial charge in [-0.2, -0.15) is 0 Å². The van der Waals surface area contributed by atoms with Gasteiger partial charge in [-0.05, 0) is 43.7 Å². The second-order valence-corrected chi connectivity index (χ2v) is 8.25. The molecule has 1 unspecified atom stereocenters. The lowest BCUT2D eigenvalue weighted by molar-refractivity contribution is 0.186. The molecule has 2 aromatic heterocycles. The van der Waals surface area contributed by atoms with Gasteiger partial charge >= 0.3 is 0 Å². The molecule has 0 aliphatic carbocycles. The van der Waals surface area contributed by atoms with E-state index in [1.165, 1.54) is 6.07 Å². The smallest absolute Gasteiger partial charge is 0.160 e. The van der Waals surface area contributed by atoms with Crippen molar-refractivity contribution in [2.75, 3.05) is 19.0 Å². The van der Waals surface area contributed by atoms with Gasteiger partial charge in [-0.15, -0.1) is 0 Å². The fourth-order valence-corrected chi connectivity index (χ4v) is 3.18. The molecule has 0 bridgehead atoms. The molecule has 32 heavy (non-hydrogen) atoms. The molecule has 2 atom stereocenters. The zero-order valence-electron chi connectivity index (χ0n) is 18.3. The van der Waals surface area contributed by atoms with Crippen molar-refractivity contribution in [3.8, 4) is 17.0 Å². The van der Waals surface area contributed by atoms with Crippen LogP contribution in [0.5, 0.6) is 5.75 Å². The van der Waals surface area contributed by atoms with E-state index < -0.39 is 6.10 Å². The van der Waals surface area contributed by atoms with Crippen LogP contribution in [0, 0.1) is 12.7 Å². The van der Waals surface area contributed by atoms with Crippen molar-refractivity contribution in [2.24, 2.45) is 0 Å². The zero-order chi connectivity index (χ0) is 23.3. The third-order valence-corrected chi connectivity index (χ3v) is 5.70. The number of nitrogens with zero attached hydrogens (tertiary/aromatic N) is 2. The summed E-state index contributed by atoms with van der Waals surface area (Å²) in [6.07, 6.45) is 4.40. The molecule has 165 valence electrons. The van der Waals surface area contributed by atoms with Gasteiger partial charge in [0.1, 0.15) is 5.82 Å². The highest BCUT2D eigenvalue weighted by atomic mass is 28.1. The van der Waals surface area contributed by atoms with Crippen molar-refractivity contribution < 1.29 is 14.2 Å². The maximum absolute atomic E-state index is 14.4. The van der Waals surface area contributed by atoms with Crippen LogP contribution in [0.15, 0.2) is 55.5 Å². The number of hydrogen-bond acceptors (Lipinski definition) is 6. The number of methoxy groups -OCH3 is 1. The van der Waals surface area contributed by atoms with Crippen molar-refractivity contribution in [3.05, 3.63) is 72.4 Å². The molecule has 0 saturated heterocycles. The summed E-state index contributed by atoms with van der Waals surface area (Å²) in [5.41, 5.74) is 4.46. The Morgan fingerprint density at radius 3 is 2.75 bits per heavy atom. The van der Waals surface area contributed by atoms with E-state index >= 15 is 0 Å². The maximum Gasteiger partial charge on any atom is 0.160 e. The Balaban J connectivity index is 1.92. The fraction of sp³-hybridized carbons (Fsp3) is 0.250. The maximum atomic E-state index is 14.4. The Morgan fingerprint density at radius 2 is 2.03 bits per heavy atom. The van der Waals surface area contributed by atoms with Gasteiger partial charge in [-0.3, -0.25) is 9.97 Å². The van der Waals surface area contributed by atoms with Crippen molar-refractivity contribution >= 4 is 27.3 Å². The van der Waals surface area contributed by atoms with Gasteiger partial charge in [-0.1, -0.05) is 18.2 Å². The number of ether oxygens (including phenoxy) is 1. The Morgan fingerprint density at radius 1 is 1.25 bits per heavy atom. The van der Waals surface area contributed by atoms with E-state index in [-0.39, 0.29) is 11.4 Å². The van der Waals surface area contributed by atoms with Crippen LogP contribution in [0.1, 0.15) is 18.1 Å². The standard InChI is InChI=1S/C24H26FN4O2Si/c1-14-5-6-19(25)17(9-14)21-10-22(23(31-4)12-28-21)29-20-7-8-26-11-18(20)15(2)27-13-24(32)16(3)30/h5-12,16,24,27,30H,2,13H2,1,3-4H3,(H,26,28,29)/t16-,24?/m0/s1. The minimum Gasteiger partial charge on any atom is -0.493 e. The summed E-state index contributed by atoms with van der Waals surface area (Å²) in [5, 5.41) is 16.2. The lowest BCUT2D eigenvalue weighted by Crippen LogP contribution is -2.24. The topological polar surface area (TPSA) is 79.3 Å². The molecule has 0 saturated carbocycles. The number of hydrogen-bond donors (Lipinski definition) is 3. The molecule has 3 N–H and O–H groups in total. The van der Waals surface area contributed by atoms with Crippen molar-refractivity contribution in [2.45, 2.75) is 25.5 Å². The number of aromatic nitrogens is 2. The van der Waals surface area contributed by atoms with Crippen molar-refractivity contribution in [3.63, 3.8) is 0 Å². The first-order chi connectivity index (χ1) is 15.3. The normalized spacial score (nSPS) is 12.7. The predicted molar refractivity (Wildman–Crippen MR) is 127 cm³/mol. The molecule has 8 heteroatoms. The summed E-state index contributed by atoms with van der Waals surface area (Å²) < 4.78 is 19.9. The minimum absolute atomic E-state index is 0.132. The Bertz CT molecular complexity index is 1110. The first-order valence-corrected chi connectivity index (χ1v) is 10.7. The number of pyridine rings is 2. The molecule has 0 fully saturated rings. The molecular weight excluding hydrogens is 423 g/mol. The molecule has 0 spiro atoms. The molecular formula is C24H26FN4O2Si. The minimum atomic E-state index is -0.514. The third kappa shape index (κ3) is 5.51. The van der Waals surface area contributed by atoms with Crippen LogP contribution in [0.2, 0.25) is 5.54 Å². The lowest BCUT2D eigenvalue weighted by Gasteiger charge is -2.20. The fourth-order valence-electron chi connectivity index (χ4n) is 3.07. The molecule has 3 radical (unpaired) electrons. The number of aryl methyl sites for hydroxylation is 1. The van der Waals surface area contributed by atoms with Gasteiger partial charge in [0.15, 0.2) is 5.75 Å². The molecule has 1 aromatic carbocycles. The average Bonchev–Trinajstić information content (AvgIpc) is 2.79. The van der Waals surface area contributed by atoms with Crippen molar-refractivity contribution in [1.82, 2.24) is 15.3 Å². The van der Waals surface area contributed by atoms with Crippen molar-refractivity contribution in [1.29, 1.82) is 0 Å². The summed E-state index contributed by atoms with van der Waals surface area (Å²) in [4.78, 5) is 8.57. The monoisotopic (exact) mass is 449 g/mol. The summed E-state index contributed by atoms with van der Waals surface area (Å²) >= 11 is 0. The Labute approximate surface area is 191 Å². The molecule has 3 rings (SSSR count). The number of benzene rings is 1. The van der Waals surface area contributed by atoms with Gasteiger partial charge in [0.25, 0.3) is 0 Å². The summed E-state index contributed by atoms with van der Waals surface area (Å²) in [5.74, 6) is 0.168. The van der Waals surface area contributed by atoms with Crippen LogP contribution in [0.25, 0.3) is 17.0 Å². The van der Waals surface area contributed by atoms with Gasteiger partial charge in [0, 0.05) is 46.0 Å². The third-order valence-electron chi connectivity index (χ3n) is 5.02. The number of nitrogens with one attached hydrogen (secondary N) is 2. The van der Waals surface area contributed by atoms with Gasteiger partial charge < -0.3 is 20.5 Å². The SMILES string of the molecule is C=C(NCC([Si])[C@H](C)O)c1cnccc1Nc1cc(-c2cc(C)ccc2F)ncc1OC. The lowest BCUT2D eigenvalue weighted by atomic mass is 10.1. The second-order valence-electron chi connectivity index (χ2n) is 7.51. The number of halogens is 1. The van der Waals surface area contributed by atoms with E-state index in [4.69, 9.17) is 4.74 Å². The number of aliphatic hydroxyl groups is 1. The zero-order valence-corrected chi connectivity index (χ0v) is 19.3. The number of anilines is 2. The largest absolute Gasteiger partial charge is 0.493 e. The van der Waals surface area contributed by atoms with Crippen LogP contribution in [0.4, 0.5) is 15.8 Å². The second kappa shape index (κ2) is 10.4. The quantitative estimate of drug-likeness (QED) is 0.424. The van der Waals surface area contributed by atoms with E-state index in [0.717, 1.165) is 16.8 Å². The summed E-state index contributed by atoms with van der Waals surface area (Å²) in [6.45, 7) is 8.20. The molecule has 0 aliphatic rings. The van der Waals surface area contributed by atoms with E-state index in [9.17, 15) is 9.50 Å². The van der Waals surface area contributed by atoms with Crippen LogP contribution >= 0.6 is 0 Å². The van der Waals surface area contributed by atoms with E-state index in [2.05, 4.69) is 37.4 Å². The van der Waals surface area contributed by atoms with Crippen LogP contribution in [0.3, 0.4) is 0 Å². The molecule has 0 amide bonds. The van der Waals surface area contributed by atoms with E-state index in [0.29, 0.717) is 34.9 Å². The van der Waals surface area contributed by atoms with Crippen LogP contribution < -0.4 is 15.4 Å². The Hall–Kier alpha value is -3.23. The Kier molecular flexibility index (Phi) is 7.60. The van der Waals surface area contributed by atoms with E-state index in [1.807, 2.05) is 13.0 Å². The number of rotatable bonds is 9. The highest BCUT2D eigenvalue weighted by Crippen LogP contribution is 2.34. The predicted octanol–water partition coefficient (Wildman–Crippen LogP) is 4.24. The first-order valence-electron chi connectivity index (χ1n) is 10.1.